The van der Waals surface area contributed by atoms with Gasteiger partial charge in [-0.3, -0.25) is 0 Å². The summed E-state index contributed by atoms with van der Waals surface area (Å²) in [6.07, 6.45) is 0. The van der Waals surface area contributed by atoms with Gasteiger partial charge in [-0.1, -0.05) is 17.7 Å². The van der Waals surface area contributed by atoms with Crippen molar-refractivity contribution in [3.8, 4) is 5.75 Å². The molecule has 0 aliphatic heterocycles. The second-order valence-corrected chi connectivity index (χ2v) is 6.91. The van der Waals surface area contributed by atoms with Crippen molar-refractivity contribution in [3.05, 3.63) is 59.2 Å². The smallest absolute Gasteiger partial charge is 0.343 e. The van der Waals surface area contributed by atoms with Gasteiger partial charge in [0.25, 0.3) is 0 Å². The van der Waals surface area contributed by atoms with Crippen LogP contribution in [0.3, 0.4) is 0 Å². The first-order chi connectivity index (χ1) is 10.7. The summed E-state index contributed by atoms with van der Waals surface area (Å²) in [5, 5.41) is 0. The first-order valence-corrected chi connectivity index (χ1v) is 8.18. The van der Waals surface area contributed by atoms with E-state index in [1.165, 1.54) is 0 Å². The van der Waals surface area contributed by atoms with Crippen molar-refractivity contribution < 1.29 is 26.7 Å². The van der Waals surface area contributed by atoms with Gasteiger partial charge < -0.3 is 4.74 Å². The van der Waals surface area contributed by atoms with Gasteiger partial charge in [-0.25, -0.2) is 13.2 Å². The molecule has 2 aromatic rings. The Morgan fingerprint density at radius 1 is 1.04 bits per heavy atom. The molecule has 0 heterocycles. The topological polar surface area (TPSA) is 60.4 Å². The molecule has 0 spiro atoms. The van der Waals surface area contributed by atoms with Crippen LogP contribution in [0.25, 0.3) is 0 Å². The quantitative estimate of drug-likeness (QED) is 0.631. The summed E-state index contributed by atoms with van der Waals surface area (Å²) in [5.41, 5.74) is 1.86. The van der Waals surface area contributed by atoms with Crippen LogP contribution in [0.4, 0.5) is 8.78 Å². The molecule has 0 N–H and O–H groups in total. The fourth-order valence-corrected chi connectivity index (χ4v) is 2.68. The van der Waals surface area contributed by atoms with Gasteiger partial charge in [0.15, 0.2) is 0 Å². The lowest BCUT2D eigenvalue weighted by Gasteiger charge is -2.08. The van der Waals surface area contributed by atoms with E-state index in [1.807, 2.05) is 13.0 Å². The Bertz CT molecular complexity index is 828. The van der Waals surface area contributed by atoms with Crippen molar-refractivity contribution in [1.29, 1.82) is 0 Å². The maximum Gasteiger partial charge on any atom is 0.343 e. The van der Waals surface area contributed by atoms with Crippen molar-refractivity contribution in [2.45, 2.75) is 24.5 Å². The molecule has 2 aromatic carbocycles. The van der Waals surface area contributed by atoms with Gasteiger partial charge in [0.1, 0.15) is 5.75 Å². The SMILES string of the molecule is Cc1ccc(OC(=O)c2ccc(S(=O)(=O)C(F)F)cc2)c(C)c1. The lowest BCUT2D eigenvalue weighted by molar-refractivity contribution is 0.0733. The number of halogens is 2. The van der Waals surface area contributed by atoms with Gasteiger partial charge in [-0.15, -0.1) is 0 Å². The molecule has 122 valence electrons. The Kier molecular flexibility index (Phi) is 4.79. The van der Waals surface area contributed by atoms with E-state index >= 15 is 0 Å². The molecule has 23 heavy (non-hydrogen) atoms. The minimum Gasteiger partial charge on any atom is -0.423 e. The number of carbonyl (C=O) groups excluding carboxylic acids is 1. The highest BCUT2D eigenvalue weighted by atomic mass is 32.2. The number of rotatable bonds is 4. The normalized spacial score (nSPS) is 11.5. The van der Waals surface area contributed by atoms with Gasteiger partial charge in [0.2, 0.25) is 9.84 Å². The molecule has 0 amide bonds. The molecule has 0 aromatic heterocycles. The van der Waals surface area contributed by atoms with Gasteiger partial charge >= 0.3 is 11.7 Å². The number of hydrogen-bond donors (Lipinski definition) is 0. The summed E-state index contributed by atoms with van der Waals surface area (Å²) in [6.45, 7) is 3.69. The summed E-state index contributed by atoms with van der Waals surface area (Å²) < 4.78 is 52.7. The van der Waals surface area contributed by atoms with Crippen LogP contribution < -0.4 is 4.74 Å². The molecule has 0 saturated carbocycles. The number of ether oxygens (including phenoxy) is 1. The Balaban J connectivity index is 2.21. The number of hydrogen-bond acceptors (Lipinski definition) is 4. The lowest BCUT2D eigenvalue weighted by atomic mass is 10.1. The average molecular weight is 340 g/mol. The van der Waals surface area contributed by atoms with Crippen LogP contribution in [0.1, 0.15) is 21.5 Å². The molecule has 0 bridgehead atoms. The molecule has 2 rings (SSSR count). The number of aryl methyl sites for hydroxylation is 2. The van der Waals surface area contributed by atoms with Gasteiger partial charge in [0.05, 0.1) is 10.5 Å². The van der Waals surface area contributed by atoms with E-state index in [0.29, 0.717) is 5.75 Å². The van der Waals surface area contributed by atoms with E-state index in [2.05, 4.69) is 0 Å². The second kappa shape index (κ2) is 6.45. The average Bonchev–Trinajstić information content (AvgIpc) is 2.50. The maximum atomic E-state index is 12.4. The number of sulfone groups is 1. The lowest BCUT2D eigenvalue weighted by Crippen LogP contribution is -2.13. The summed E-state index contributed by atoms with van der Waals surface area (Å²) in [4.78, 5) is 11.5. The fourth-order valence-electron chi connectivity index (χ4n) is 1.96. The molecule has 0 aliphatic rings. The number of benzene rings is 2. The Morgan fingerprint density at radius 2 is 1.65 bits per heavy atom. The third-order valence-electron chi connectivity index (χ3n) is 3.19. The van der Waals surface area contributed by atoms with Gasteiger partial charge in [-0.2, -0.15) is 8.78 Å². The molecular formula is C16H14F2O4S. The standard InChI is InChI=1S/C16H14F2O4S/c1-10-3-8-14(11(2)9-10)22-15(19)12-4-6-13(7-5-12)23(20,21)16(17)18/h3-9,16H,1-2H3. The Labute approximate surface area is 132 Å². The zero-order chi connectivity index (χ0) is 17.2. The molecule has 0 fully saturated rings. The molecule has 0 radical (unpaired) electrons. The van der Waals surface area contributed by atoms with Crippen molar-refractivity contribution in [2.75, 3.05) is 0 Å². The predicted octanol–water partition coefficient (Wildman–Crippen LogP) is 3.52. The van der Waals surface area contributed by atoms with Crippen LogP contribution >= 0.6 is 0 Å². The predicted molar refractivity (Wildman–Crippen MR) is 80.5 cm³/mol. The number of esters is 1. The molecule has 0 atom stereocenters. The first-order valence-electron chi connectivity index (χ1n) is 6.63. The van der Waals surface area contributed by atoms with E-state index in [1.54, 1.807) is 19.1 Å². The summed E-state index contributed by atoms with van der Waals surface area (Å²) in [7, 11) is -4.68. The number of carbonyl (C=O) groups is 1. The van der Waals surface area contributed by atoms with E-state index in [9.17, 15) is 22.0 Å². The fraction of sp³-hybridized carbons (Fsp3) is 0.188. The van der Waals surface area contributed by atoms with Crippen LogP contribution in [0.15, 0.2) is 47.4 Å². The van der Waals surface area contributed by atoms with Crippen LogP contribution in [-0.2, 0) is 9.84 Å². The second-order valence-electron chi connectivity index (χ2n) is 4.99. The summed E-state index contributed by atoms with van der Waals surface area (Å²) >= 11 is 0. The molecule has 0 unspecified atom stereocenters. The highest BCUT2D eigenvalue weighted by Crippen LogP contribution is 2.22. The zero-order valence-electron chi connectivity index (χ0n) is 12.4. The van der Waals surface area contributed by atoms with Crippen LogP contribution in [-0.4, -0.2) is 20.1 Å². The molecule has 4 nitrogen and oxygen atoms in total. The third-order valence-corrected chi connectivity index (χ3v) is 4.58. The van der Waals surface area contributed by atoms with Crippen molar-refractivity contribution in [2.24, 2.45) is 0 Å². The molecule has 0 saturated heterocycles. The van der Waals surface area contributed by atoms with Crippen molar-refractivity contribution >= 4 is 15.8 Å². The third kappa shape index (κ3) is 3.73. The molecular weight excluding hydrogens is 326 g/mol. The van der Waals surface area contributed by atoms with E-state index in [4.69, 9.17) is 4.74 Å². The van der Waals surface area contributed by atoms with E-state index in [0.717, 1.165) is 35.4 Å². The molecule has 7 heteroatoms. The molecule has 0 aliphatic carbocycles. The first kappa shape index (κ1) is 17.1. The zero-order valence-corrected chi connectivity index (χ0v) is 13.2. The Morgan fingerprint density at radius 3 is 2.17 bits per heavy atom. The van der Waals surface area contributed by atoms with Gasteiger partial charge in [0, 0.05) is 0 Å². The van der Waals surface area contributed by atoms with Crippen molar-refractivity contribution in [3.63, 3.8) is 0 Å². The van der Waals surface area contributed by atoms with Crippen molar-refractivity contribution in [1.82, 2.24) is 0 Å². The highest BCUT2D eigenvalue weighted by Gasteiger charge is 2.26. The van der Waals surface area contributed by atoms with Crippen LogP contribution in [0.2, 0.25) is 0 Å². The van der Waals surface area contributed by atoms with Crippen LogP contribution in [0.5, 0.6) is 5.75 Å². The van der Waals surface area contributed by atoms with E-state index < -0.39 is 26.5 Å². The minimum absolute atomic E-state index is 0.0678. The minimum atomic E-state index is -4.68. The highest BCUT2D eigenvalue weighted by molar-refractivity contribution is 7.91. The number of alkyl halides is 2. The summed E-state index contributed by atoms with van der Waals surface area (Å²) in [6, 6.07) is 9.48. The van der Waals surface area contributed by atoms with E-state index in [-0.39, 0.29) is 5.56 Å². The summed E-state index contributed by atoms with van der Waals surface area (Å²) in [5.74, 6) is -3.82. The monoisotopic (exact) mass is 340 g/mol. The van der Waals surface area contributed by atoms with Crippen LogP contribution in [0, 0.1) is 13.8 Å². The maximum absolute atomic E-state index is 12.4. The van der Waals surface area contributed by atoms with Gasteiger partial charge in [-0.05, 0) is 49.7 Å². The Hall–Kier alpha value is -2.28. The largest absolute Gasteiger partial charge is 0.423 e.